The Labute approximate surface area is 167 Å². The number of carbonyl (C=O) groups excluding carboxylic acids is 1. The molecule has 0 fully saturated rings. The zero-order chi connectivity index (χ0) is 19.6. The molecule has 0 aliphatic carbocycles. The van der Waals surface area contributed by atoms with E-state index in [0.717, 1.165) is 25.9 Å². The standard InChI is InChI=1S/C23H43N3O/c1-3-4-5-6-7-8-9-10-11-12-13-14-15-16-17-18-23(27)25-22(2)26-20-19-24-21-26/h10-11,21-22H,3-9,12-20H2,1-2H3,(H,25,27)/b11-10-. The van der Waals surface area contributed by atoms with Gasteiger partial charge in [-0.25, -0.2) is 0 Å². The average molecular weight is 378 g/mol. The highest BCUT2D eigenvalue weighted by Gasteiger charge is 2.15. The number of carbonyl (C=O) groups is 1. The summed E-state index contributed by atoms with van der Waals surface area (Å²) in [5.74, 6) is 0.167. The molecule has 1 atom stereocenters. The van der Waals surface area contributed by atoms with E-state index in [-0.39, 0.29) is 12.1 Å². The first-order chi connectivity index (χ1) is 13.2. The third-order valence-corrected chi connectivity index (χ3v) is 5.25. The smallest absolute Gasteiger partial charge is 0.221 e. The van der Waals surface area contributed by atoms with Crippen LogP contribution in [0, 0.1) is 0 Å². The summed E-state index contributed by atoms with van der Waals surface area (Å²) < 4.78 is 0. The first-order valence-corrected chi connectivity index (χ1v) is 11.4. The van der Waals surface area contributed by atoms with Crippen molar-refractivity contribution in [3.8, 4) is 0 Å². The molecule has 1 aliphatic rings. The molecular formula is C23H43N3O. The summed E-state index contributed by atoms with van der Waals surface area (Å²) in [6, 6.07) is 0. The summed E-state index contributed by atoms with van der Waals surface area (Å²) in [6.45, 7) is 6.05. The Morgan fingerprint density at radius 1 is 1.00 bits per heavy atom. The fourth-order valence-electron chi connectivity index (χ4n) is 3.43. The molecule has 27 heavy (non-hydrogen) atoms. The predicted molar refractivity (Wildman–Crippen MR) is 117 cm³/mol. The lowest BCUT2D eigenvalue weighted by molar-refractivity contribution is -0.122. The lowest BCUT2D eigenvalue weighted by Crippen LogP contribution is -2.44. The maximum atomic E-state index is 12.0. The largest absolute Gasteiger partial charge is 0.341 e. The van der Waals surface area contributed by atoms with Crippen LogP contribution in [0.1, 0.15) is 104 Å². The van der Waals surface area contributed by atoms with Crippen molar-refractivity contribution in [2.75, 3.05) is 13.1 Å². The molecule has 4 nitrogen and oxygen atoms in total. The van der Waals surface area contributed by atoms with E-state index < -0.39 is 0 Å². The minimum Gasteiger partial charge on any atom is -0.341 e. The van der Waals surface area contributed by atoms with Crippen LogP contribution in [-0.4, -0.2) is 36.4 Å². The van der Waals surface area contributed by atoms with Gasteiger partial charge in [-0.05, 0) is 39.0 Å². The SMILES string of the molecule is CCCCCCCC/C=C\CCCCCCCC(=O)NC(C)N1C=NCC1. The van der Waals surface area contributed by atoms with E-state index in [1.165, 1.54) is 70.6 Å². The maximum Gasteiger partial charge on any atom is 0.221 e. The molecule has 156 valence electrons. The molecule has 0 aromatic carbocycles. The van der Waals surface area contributed by atoms with Gasteiger partial charge >= 0.3 is 0 Å². The average Bonchev–Trinajstić information content (AvgIpc) is 3.20. The van der Waals surface area contributed by atoms with Gasteiger partial charge in [0.05, 0.1) is 19.0 Å². The molecule has 0 saturated carbocycles. The van der Waals surface area contributed by atoms with Gasteiger partial charge in [0, 0.05) is 13.0 Å². The second-order valence-corrected chi connectivity index (χ2v) is 7.84. The highest BCUT2D eigenvalue weighted by molar-refractivity contribution is 5.76. The zero-order valence-electron chi connectivity index (χ0n) is 17.9. The van der Waals surface area contributed by atoms with Crippen LogP contribution in [0.2, 0.25) is 0 Å². The second kappa shape index (κ2) is 16.8. The van der Waals surface area contributed by atoms with Gasteiger partial charge in [0.25, 0.3) is 0 Å². The van der Waals surface area contributed by atoms with Crippen molar-refractivity contribution in [1.29, 1.82) is 0 Å². The third kappa shape index (κ3) is 13.5. The number of aliphatic imine (C=N–C) groups is 1. The second-order valence-electron chi connectivity index (χ2n) is 7.84. The molecule has 0 aromatic heterocycles. The van der Waals surface area contributed by atoms with Crippen molar-refractivity contribution in [3.05, 3.63) is 12.2 Å². The number of nitrogens with zero attached hydrogens (tertiary/aromatic N) is 2. The quantitative estimate of drug-likeness (QED) is 0.256. The van der Waals surface area contributed by atoms with Crippen LogP contribution in [0.25, 0.3) is 0 Å². The molecule has 0 aromatic rings. The highest BCUT2D eigenvalue weighted by atomic mass is 16.1. The van der Waals surface area contributed by atoms with Gasteiger partial charge in [-0.2, -0.15) is 0 Å². The summed E-state index contributed by atoms with van der Waals surface area (Å²) in [4.78, 5) is 18.2. The van der Waals surface area contributed by atoms with E-state index in [4.69, 9.17) is 0 Å². The first-order valence-electron chi connectivity index (χ1n) is 11.4. The van der Waals surface area contributed by atoms with E-state index in [0.29, 0.717) is 6.42 Å². The van der Waals surface area contributed by atoms with E-state index in [1.807, 2.05) is 13.3 Å². The fourth-order valence-corrected chi connectivity index (χ4v) is 3.43. The number of allylic oxidation sites excluding steroid dienone is 2. The van der Waals surface area contributed by atoms with E-state index in [9.17, 15) is 4.79 Å². The monoisotopic (exact) mass is 377 g/mol. The van der Waals surface area contributed by atoms with Crippen LogP contribution >= 0.6 is 0 Å². The van der Waals surface area contributed by atoms with Crippen molar-refractivity contribution >= 4 is 12.2 Å². The molecule has 1 heterocycles. The Hall–Kier alpha value is -1.32. The van der Waals surface area contributed by atoms with Crippen LogP contribution < -0.4 is 5.32 Å². The molecule has 1 aliphatic heterocycles. The summed E-state index contributed by atoms with van der Waals surface area (Å²) >= 11 is 0. The molecule has 1 amide bonds. The Bertz CT molecular complexity index is 420. The van der Waals surface area contributed by atoms with Crippen LogP contribution in [-0.2, 0) is 4.79 Å². The molecule has 1 unspecified atom stereocenters. The van der Waals surface area contributed by atoms with Crippen molar-refractivity contribution < 1.29 is 4.79 Å². The lowest BCUT2D eigenvalue weighted by atomic mass is 10.1. The number of unbranched alkanes of at least 4 members (excludes halogenated alkanes) is 11. The summed E-state index contributed by atoms with van der Waals surface area (Å²) in [6.07, 6.45) is 24.0. The molecule has 4 heteroatoms. The van der Waals surface area contributed by atoms with Crippen molar-refractivity contribution in [1.82, 2.24) is 10.2 Å². The van der Waals surface area contributed by atoms with Gasteiger partial charge in [-0.15, -0.1) is 0 Å². The Morgan fingerprint density at radius 3 is 2.19 bits per heavy atom. The van der Waals surface area contributed by atoms with Gasteiger partial charge in [0.15, 0.2) is 0 Å². The molecule has 0 bridgehead atoms. The van der Waals surface area contributed by atoms with Crippen LogP contribution in [0.4, 0.5) is 0 Å². The van der Waals surface area contributed by atoms with E-state index in [1.54, 1.807) is 0 Å². The van der Waals surface area contributed by atoms with Gasteiger partial charge in [-0.1, -0.05) is 70.4 Å². The Kier molecular flexibility index (Phi) is 14.8. The minimum atomic E-state index is 0.0619. The Morgan fingerprint density at radius 2 is 1.59 bits per heavy atom. The number of nitrogens with one attached hydrogen (secondary N) is 1. The van der Waals surface area contributed by atoms with E-state index >= 15 is 0 Å². The molecular weight excluding hydrogens is 334 g/mol. The van der Waals surface area contributed by atoms with Gasteiger partial charge in [0.1, 0.15) is 0 Å². The van der Waals surface area contributed by atoms with Gasteiger partial charge < -0.3 is 10.2 Å². The van der Waals surface area contributed by atoms with Gasteiger partial charge in [0.2, 0.25) is 5.91 Å². The Balaban J connectivity index is 1.82. The summed E-state index contributed by atoms with van der Waals surface area (Å²) in [5, 5.41) is 3.06. The molecule has 1 N–H and O–H groups in total. The van der Waals surface area contributed by atoms with Crippen LogP contribution in [0.3, 0.4) is 0 Å². The number of amides is 1. The minimum absolute atomic E-state index is 0.0619. The molecule has 0 spiro atoms. The van der Waals surface area contributed by atoms with Crippen LogP contribution in [0.15, 0.2) is 17.1 Å². The van der Waals surface area contributed by atoms with Crippen molar-refractivity contribution in [2.45, 2.75) is 110 Å². The normalized spacial score (nSPS) is 15.0. The van der Waals surface area contributed by atoms with Crippen molar-refractivity contribution in [2.24, 2.45) is 4.99 Å². The topological polar surface area (TPSA) is 44.7 Å². The summed E-state index contributed by atoms with van der Waals surface area (Å²) in [7, 11) is 0. The molecule has 0 radical (unpaired) electrons. The van der Waals surface area contributed by atoms with Gasteiger partial charge in [-0.3, -0.25) is 9.79 Å². The summed E-state index contributed by atoms with van der Waals surface area (Å²) in [5.41, 5.74) is 0. The number of hydrogen-bond acceptors (Lipinski definition) is 3. The lowest BCUT2D eigenvalue weighted by Gasteiger charge is -2.23. The number of rotatable bonds is 17. The van der Waals surface area contributed by atoms with Crippen LogP contribution in [0.5, 0.6) is 0 Å². The number of hydrogen-bond donors (Lipinski definition) is 1. The fraction of sp³-hybridized carbons (Fsp3) is 0.826. The maximum absolute atomic E-state index is 12.0. The molecule has 0 saturated heterocycles. The highest BCUT2D eigenvalue weighted by Crippen LogP contribution is 2.10. The van der Waals surface area contributed by atoms with Crippen molar-refractivity contribution in [3.63, 3.8) is 0 Å². The van der Waals surface area contributed by atoms with E-state index in [2.05, 4.69) is 34.3 Å². The predicted octanol–water partition coefficient (Wildman–Crippen LogP) is 5.83. The first kappa shape index (κ1) is 23.7. The third-order valence-electron chi connectivity index (χ3n) is 5.25. The zero-order valence-corrected chi connectivity index (χ0v) is 17.9. The molecule has 1 rings (SSSR count).